The molecule has 1 aliphatic carbocycles. The molecule has 5 rings (SSSR count). The number of anilines is 1. The Bertz CT molecular complexity index is 1210. The van der Waals surface area contributed by atoms with E-state index in [0.717, 1.165) is 23.1 Å². The number of fused-ring (bicyclic) bond motifs is 3. The monoisotopic (exact) mass is 465 g/mol. The van der Waals surface area contributed by atoms with Gasteiger partial charge in [0.1, 0.15) is 17.0 Å². The summed E-state index contributed by atoms with van der Waals surface area (Å²) in [5.74, 6) is 1.36. The van der Waals surface area contributed by atoms with Crippen LogP contribution in [0, 0.1) is 11.8 Å². The molecule has 0 bridgehead atoms. The molecule has 0 saturated heterocycles. The first-order chi connectivity index (χ1) is 15.8. The minimum absolute atomic E-state index is 0.104. The number of hydrogen-bond donors (Lipinski definition) is 1. The number of ether oxygens (including phenoxy) is 1. The Hall–Kier alpha value is -2.80. The summed E-state index contributed by atoms with van der Waals surface area (Å²) in [4.78, 5) is 29.6. The zero-order chi connectivity index (χ0) is 23.3. The molecule has 33 heavy (non-hydrogen) atoms. The van der Waals surface area contributed by atoms with Crippen molar-refractivity contribution in [3.63, 3.8) is 0 Å². The molecule has 1 fully saturated rings. The molecule has 4 atom stereocenters. The molecule has 1 aliphatic heterocycles. The number of nitrogens with zero attached hydrogens (tertiary/aromatic N) is 2. The molecule has 2 amide bonds. The van der Waals surface area contributed by atoms with Crippen LogP contribution in [-0.2, 0) is 11.3 Å². The fourth-order valence-electron chi connectivity index (χ4n) is 5.48. The van der Waals surface area contributed by atoms with Crippen LogP contribution < -0.4 is 15.0 Å². The summed E-state index contributed by atoms with van der Waals surface area (Å²) in [6.07, 6.45) is 3.29. The predicted molar refractivity (Wildman–Crippen MR) is 132 cm³/mol. The molecule has 0 radical (unpaired) electrons. The molecule has 1 N–H and O–H groups in total. The van der Waals surface area contributed by atoms with Crippen LogP contribution in [0.5, 0.6) is 5.75 Å². The average molecular weight is 466 g/mol. The predicted octanol–water partition coefficient (Wildman–Crippen LogP) is 5.07. The lowest BCUT2D eigenvalue weighted by atomic mass is 9.77. The molecule has 3 heterocycles. The van der Waals surface area contributed by atoms with Gasteiger partial charge < -0.3 is 14.6 Å². The van der Waals surface area contributed by atoms with E-state index in [1.807, 2.05) is 53.3 Å². The van der Waals surface area contributed by atoms with Crippen LogP contribution in [0.3, 0.4) is 0 Å². The fraction of sp³-hybridized carbons (Fsp3) is 0.462. The van der Waals surface area contributed by atoms with E-state index in [0.29, 0.717) is 35.5 Å². The third-order valence-corrected chi connectivity index (χ3v) is 8.58. The number of carbonyl (C=O) groups is 2. The fourth-order valence-corrected chi connectivity index (χ4v) is 6.30. The summed E-state index contributed by atoms with van der Waals surface area (Å²) in [6.45, 7) is 6.77. The lowest BCUT2D eigenvalue weighted by molar-refractivity contribution is -0.128. The number of aromatic nitrogens is 1. The third-order valence-electron chi connectivity index (χ3n) is 7.73. The number of thiophene rings is 1. The van der Waals surface area contributed by atoms with Crippen molar-refractivity contribution in [3.8, 4) is 5.75 Å². The van der Waals surface area contributed by atoms with Gasteiger partial charge in [0.05, 0.1) is 23.9 Å². The molecule has 1 aromatic carbocycles. The van der Waals surface area contributed by atoms with Crippen LogP contribution in [0.2, 0.25) is 0 Å². The molecule has 0 unspecified atom stereocenters. The first-order valence-corrected chi connectivity index (χ1v) is 12.6. The van der Waals surface area contributed by atoms with Crippen molar-refractivity contribution in [2.45, 2.75) is 58.2 Å². The maximum absolute atomic E-state index is 14.0. The second kappa shape index (κ2) is 8.20. The first-order valence-electron chi connectivity index (χ1n) is 11.7. The number of rotatable bonds is 4. The van der Waals surface area contributed by atoms with E-state index in [1.165, 1.54) is 6.42 Å². The van der Waals surface area contributed by atoms with E-state index >= 15 is 0 Å². The van der Waals surface area contributed by atoms with Crippen LogP contribution >= 0.6 is 11.3 Å². The molecular weight excluding hydrogens is 434 g/mol. The van der Waals surface area contributed by atoms with Gasteiger partial charge in [0.25, 0.3) is 5.91 Å². The van der Waals surface area contributed by atoms with Gasteiger partial charge in [0.15, 0.2) is 0 Å². The molecule has 174 valence electrons. The van der Waals surface area contributed by atoms with Gasteiger partial charge >= 0.3 is 0 Å². The quantitative estimate of drug-likeness (QED) is 0.585. The van der Waals surface area contributed by atoms with Crippen molar-refractivity contribution in [2.75, 3.05) is 12.0 Å². The van der Waals surface area contributed by atoms with Crippen LogP contribution in [0.4, 0.5) is 5.69 Å². The Morgan fingerprint density at radius 3 is 2.82 bits per heavy atom. The molecular formula is C26H31N3O3S. The second-order valence-electron chi connectivity index (χ2n) is 9.75. The number of amides is 2. The Labute approximate surface area is 198 Å². The first kappa shape index (κ1) is 22.0. The van der Waals surface area contributed by atoms with Gasteiger partial charge in [-0.2, -0.15) is 0 Å². The van der Waals surface area contributed by atoms with Crippen molar-refractivity contribution >= 4 is 39.1 Å². The maximum atomic E-state index is 14.0. The summed E-state index contributed by atoms with van der Waals surface area (Å²) in [6, 6.07) is 11.5. The number of methoxy groups -OCH3 is 1. The molecule has 0 spiro atoms. The normalized spacial score (nSPS) is 27.5. The summed E-state index contributed by atoms with van der Waals surface area (Å²) in [5, 5.41) is 5.38. The van der Waals surface area contributed by atoms with E-state index in [4.69, 9.17) is 4.74 Å². The Morgan fingerprint density at radius 2 is 2.03 bits per heavy atom. The van der Waals surface area contributed by atoms with Crippen molar-refractivity contribution < 1.29 is 14.3 Å². The zero-order valence-corrected chi connectivity index (χ0v) is 20.4. The molecule has 1 saturated carbocycles. The molecule has 2 aromatic heterocycles. The lowest BCUT2D eigenvalue weighted by Gasteiger charge is -2.45. The van der Waals surface area contributed by atoms with Crippen LogP contribution in [-0.4, -0.2) is 35.1 Å². The highest BCUT2D eigenvalue weighted by atomic mass is 32.1. The van der Waals surface area contributed by atoms with Gasteiger partial charge in [-0.25, -0.2) is 0 Å². The van der Waals surface area contributed by atoms with Crippen LogP contribution in [0.25, 0.3) is 10.2 Å². The Balaban J connectivity index is 1.59. The third kappa shape index (κ3) is 3.53. The summed E-state index contributed by atoms with van der Waals surface area (Å²) in [5.41, 5.74) is 1.21. The molecule has 2 aliphatic rings. The highest BCUT2D eigenvalue weighted by Crippen LogP contribution is 2.39. The smallest absolute Gasteiger partial charge is 0.275 e. The maximum Gasteiger partial charge on any atom is 0.275 e. The number of benzene rings is 1. The van der Waals surface area contributed by atoms with Gasteiger partial charge in [-0.15, -0.1) is 11.3 Å². The van der Waals surface area contributed by atoms with Gasteiger partial charge in [0.2, 0.25) is 5.91 Å². The van der Waals surface area contributed by atoms with Crippen LogP contribution in [0.15, 0.2) is 41.8 Å². The summed E-state index contributed by atoms with van der Waals surface area (Å²) in [7, 11) is 1.61. The second-order valence-corrected chi connectivity index (χ2v) is 10.7. The zero-order valence-electron chi connectivity index (χ0n) is 19.6. The average Bonchev–Trinajstić information content (AvgIpc) is 3.39. The van der Waals surface area contributed by atoms with Crippen molar-refractivity contribution in [1.82, 2.24) is 9.88 Å². The van der Waals surface area contributed by atoms with E-state index in [1.54, 1.807) is 23.3 Å². The number of nitrogens with one attached hydrogen (secondary N) is 1. The van der Waals surface area contributed by atoms with Gasteiger partial charge in [-0.1, -0.05) is 32.8 Å². The minimum Gasteiger partial charge on any atom is -0.497 e. The largest absolute Gasteiger partial charge is 0.497 e. The molecule has 3 aromatic rings. The van der Waals surface area contributed by atoms with E-state index in [2.05, 4.69) is 19.2 Å². The van der Waals surface area contributed by atoms with Gasteiger partial charge in [-0.3, -0.25) is 14.5 Å². The summed E-state index contributed by atoms with van der Waals surface area (Å²) < 4.78 is 8.49. The topological polar surface area (TPSA) is 63.6 Å². The number of carbonyl (C=O) groups excluding carboxylic acids is 2. The van der Waals surface area contributed by atoms with Gasteiger partial charge in [-0.05, 0) is 54.8 Å². The van der Waals surface area contributed by atoms with E-state index < -0.39 is 5.54 Å². The lowest BCUT2D eigenvalue weighted by Crippen LogP contribution is -2.66. The van der Waals surface area contributed by atoms with Gasteiger partial charge in [0, 0.05) is 17.8 Å². The number of hydrogen-bond acceptors (Lipinski definition) is 4. The molecule has 6 nitrogen and oxygen atoms in total. The highest BCUT2D eigenvalue weighted by Gasteiger charge is 2.49. The highest BCUT2D eigenvalue weighted by molar-refractivity contribution is 7.17. The van der Waals surface area contributed by atoms with Crippen molar-refractivity contribution in [2.24, 2.45) is 11.8 Å². The minimum atomic E-state index is -1.08. The van der Waals surface area contributed by atoms with Crippen molar-refractivity contribution in [1.29, 1.82) is 0 Å². The Morgan fingerprint density at radius 1 is 1.21 bits per heavy atom. The standard InChI is InChI=1S/C26H31N3O3S/c1-16-7-5-10-20(17(16)2)27-25(31)26(3)15-28-21-11-12-33-23(21)14-22(28)24(30)29(26)18-8-6-9-19(13-18)32-4/h6,8-9,11-14,16-17,20H,5,7,10,15H2,1-4H3,(H,27,31)/t16-,17-,20-,26-/m1/s1. The summed E-state index contributed by atoms with van der Waals surface area (Å²) >= 11 is 1.61. The van der Waals surface area contributed by atoms with E-state index in [9.17, 15) is 9.59 Å². The van der Waals surface area contributed by atoms with E-state index in [-0.39, 0.29) is 17.9 Å². The van der Waals surface area contributed by atoms with Crippen molar-refractivity contribution in [3.05, 3.63) is 47.5 Å². The SMILES string of the molecule is COc1cccc(N2C(=O)c3cc4sccc4n3C[C@]2(C)C(=O)N[C@@H]2CCC[C@@H](C)[C@H]2C)c1. The molecule has 7 heteroatoms. The van der Waals surface area contributed by atoms with Crippen LogP contribution in [0.1, 0.15) is 50.5 Å². The Kier molecular flexibility index (Phi) is 5.47.